The van der Waals surface area contributed by atoms with Crippen molar-refractivity contribution in [3.63, 3.8) is 0 Å². The summed E-state index contributed by atoms with van der Waals surface area (Å²) in [5.74, 6) is -0.995. The molecule has 0 spiro atoms. The lowest BCUT2D eigenvalue weighted by Gasteiger charge is -2.23. The summed E-state index contributed by atoms with van der Waals surface area (Å²) in [5, 5.41) is 5.54. The molecule has 0 unspecified atom stereocenters. The average Bonchev–Trinajstić information content (AvgIpc) is 2.95. The van der Waals surface area contributed by atoms with E-state index in [2.05, 4.69) is 10.6 Å². The fourth-order valence-corrected chi connectivity index (χ4v) is 4.54. The van der Waals surface area contributed by atoms with Gasteiger partial charge in [-0.1, -0.05) is 103 Å². The minimum atomic E-state index is -0.965. The molecule has 2 atom stereocenters. The molecular weight excluding hydrogens is 512 g/mol. The number of amides is 2. The third-order valence-electron chi connectivity index (χ3n) is 5.95. The Morgan fingerprint density at radius 2 is 1.31 bits per heavy atom. The van der Waals surface area contributed by atoms with Crippen LogP contribution in [0, 0.1) is 0 Å². The van der Waals surface area contributed by atoms with E-state index >= 15 is 0 Å². The van der Waals surface area contributed by atoms with E-state index in [1.165, 1.54) is 6.92 Å². The first kappa shape index (κ1) is 29.6. The first-order valence-corrected chi connectivity index (χ1v) is 13.9. The van der Waals surface area contributed by atoms with Crippen molar-refractivity contribution in [1.82, 2.24) is 10.6 Å². The van der Waals surface area contributed by atoms with Gasteiger partial charge in [0, 0.05) is 25.5 Å². The number of thioether (sulfide) groups is 1. The van der Waals surface area contributed by atoms with Gasteiger partial charge in [-0.15, -0.1) is 0 Å². The van der Waals surface area contributed by atoms with Gasteiger partial charge >= 0.3 is 5.97 Å². The fourth-order valence-electron chi connectivity index (χ4n) is 3.90. The predicted molar refractivity (Wildman–Crippen MR) is 153 cm³/mol. The van der Waals surface area contributed by atoms with Gasteiger partial charge in [0.1, 0.15) is 18.7 Å². The standard InChI is InChI=1S/C31H34N2O5S/c1-23(34)39-20-19-27(31(37)38-22-26-15-9-4-10-16-26)33-30(36)28(21-25-13-7-3-8-14-25)32-29(35)18-17-24-11-5-2-6-12-24/h2-16,27-28H,17-22H2,1H3,(H,32,35)(H,33,36)/t27-,28-/m0/s1. The van der Waals surface area contributed by atoms with Crippen LogP contribution in [0.2, 0.25) is 0 Å². The van der Waals surface area contributed by atoms with Crippen LogP contribution in [0.25, 0.3) is 0 Å². The number of hydrogen-bond donors (Lipinski definition) is 2. The summed E-state index contributed by atoms with van der Waals surface area (Å²) in [6, 6.07) is 26.4. The molecule has 0 saturated heterocycles. The van der Waals surface area contributed by atoms with E-state index in [0.29, 0.717) is 12.2 Å². The second-order valence-corrected chi connectivity index (χ2v) is 10.4. The monoisotopic (exact) mass is 546 g/mol. The lowest BCUT2D eigenvalue weighted by Crippen LogP contribution is -2.53. The highest BCUT2D eigenvalue weighted by Gasteiger charge is 2.28. The summed E-state index contributed by atoms with van der Waals surface area (Å²) in [5.41, 5.74) is 2.72. The maximum atomic E-state index is 13.4. The van der Waals surface area contributed by atoms with Gasteiger partial charge in [0.25, 0.3) is 0 Å². The largest absolute Gasteiger partial charge is 0.459 e. The van der Waals surface area contributed by atoms with Gasteiger partial charge < -0.3 is 15.4 Å². The molecule has 0 fully saturated rings. The topological polar surface area (TPSA) is 102 Å². The maximum absolute atomic E-state index is 13.4. The highest BCUT2D eigenvalue weighted by Crippen LogP contribution is 2.11. The molecule has 0 aliphatic carbocycles. The Hall–Kier alpha value is -3.91. The molecule has 7 nitrogen and oxygen atoms in total. The molecule has 0 heterocycles. The van der Waals surface area contributed by atoms with Gasteiger partial charge in [0.05, 0.1) is 0 Å². The summed E-state index contributed by atoms with van der Waals surface area (Å²) in [7, 11) is 0. The summed E-state index contributed by atoms with van der Waals surface area (Å²) >= 11 is 1.08. The van der Waals surface area contributed by atoms with E-state index in [-0.39, 0.29) is 36.9 Å². The van der Waals surface area contributed by atoms with Crippen LogP contribution in [-0.2, 0) is 43.4 Å². The van der Waals surface area contributed by atoms with E-state index in [4.69, 9.17) is 4.74 Å². The fraction of sp³-hybridized carbons (Fsp3) is 0.290. The predicted octanol–water partition coefficient (Wildman–Crippen LogP) is 4.24. The van der Waals surface area contributed by atoms with Gasteiger partial charge in [0.15, 0.2) is 5.12 Å². The number of ether oxygens (including phenoxy) is 1. The number of nitrogens with one attached hydrogen (secondary N) is 2. The van der Waals surface area contributed by atoms with Crippen LogP contribution < -0.4 is 10.6 Å². The molecule has 204 valence electrons. The van der Waals surface area contributed by atoms with Crippen molar-refractivity contribution < 1.29 is 23.9 Å². The molecule has 0 aromatic heterocycles. The molecule has 0 aliphatic heterocycles. The number of hydrogen-bond acceptors (Lipinski definition) is 6. The lowest BCUT2D eigenvalue weighted by atomic mass is 10.0. The van der Waals surface area contributed by atoms with E-state index in [9.17, 15) is 19.2 Å². The second-order valence-electron chi connectivity index (χ2n) is 9.08. The van der Waals surface area contributed by atoms with E-state index in [1.807, 2.05) is 91.0 Å². The van der Waals surface area contributed by atoms with Gasteiger partial charge in [-0.3, -0.25) is 14.4 Å². The van der Waals surface area contributed by atoms with Gasteiger partial charge in [-0.2, -0.15) is 0 Å². The first-order chi connectivity index (χ1) is 18.9. The summed E-state index contributed by atoms with van der Waals surface area (Å²) < 4.78 is 5.48. The SMILES string of the molecule is CC(=O)SCC[C@H](NC(=O)[C@H](Cc1ccccc1)NC(=O)CCc1ccccc1)C(=O)OCc1ccccc1. The molecule has 2 amide bonds. The molecule has 8 heteroatoms. The Bertz CT molecular complexity index is 1210. The number of carbonyl (C=O) groups excluding carboxylic acids is 4. The maximum Gasteiger partial charge on any atom is 0.329 e. The molecule has 3 rings (SSSR count). The van der Waals surface area contributed by atoms with Crippen LogP contribution in [0.15, 0.2) is 91.0 Å². The highest BCUT2D eigenvalue weighted by molar-refractivity contribution is 8.13. The quantitative estimate of drug-likeness (QED) is 0.293. The normalized spacial score (nSPS) is 12.1. The van der Waals surface area contributed by atoms with Crippen LogP contribution >= 0.6 is 11.8 Å². The van der Waals surface area contributed by atoms with Gasteiger partial charge in [0.2, 0.25) is 11.8 Å². The number of esters is 1. The molecule has 3 aromatic carbocycles. The zero-order valence-corrected chi connectivity index (χ0v) is 22.8. The average molecular weight is 547 g/mol. The van der Waals surface area contributed by atoms with Crippen molar-refractivity contribution in [2.24, 2.45) is 0 Å². The van der Waals surface area contributed by atoms with Crippen molar-refractivity contribution in [2.45, 2.75) is 51.3 Å². The Labute approximate surface area is 233 Å². The molecule has 2 N–H and O–H groups in total. The first-order valence-electron chi connectivity index (χ1n) is 12.9. The van der Waals surface area contributed by atoms with Crippen molar-refractivity contribution >= 4 is 34.7 Å². The van der Waals surface area contributed by atoms with E-state index < -0.39 is 24.0 Å². The van der Waals surface area contributed by atoms with Crippen LogP contribution in [-0.4, -0.2) is 40.7 Å². The van der Waals surface area contributed by atoms with Gasteiger partial charge in [-0.05, 0) is 29.5 Å². The third kappa shape index (κ3) is 11.2. The second kappa shape index (κ2) is 16.1. The van der Waals surface area contributed by atoms with Crippen LogP contribution in [0.1, 0.15) is 36.5 Å². The molecule has 3 aromatic rings. The summed E-state index contributed by atoms with van der Waals surface area (Å²) in [6.45, 7) is 1.52. The molecule has 0 aliphatic rings. The minimum Gasteiger partial charge on any atom is -0.459 e. The zero-order valence-electron chi connectivity index (χ0n) is 22.0. The van der Waals surface area contributed by atoms with Crippen molar-refractivity contribution in [3.05, 3.63) is 108 Å². The third-order valence-corrected chi connectivity index (χ3v) is 6.80. The smallest absolute Gasteiger partial charge is 0.329 e. The Morgan fingerprint density at radius 1 is 0.744 bits per heavy atom. The number of carbonyl (C=O) groups is 4. The van der Waals surface area contributed by atoms with Crippen LogP contribution in [0.3, 0.4) is 0 Å². The number of aryl methyl sites for hydroxylation is 1. The Kier molecular flexibility index (Phi) is 12.3. The van der Waals surface area contributed by atoms with E-state index in [0.717, 1.165) is 28.5 Å². The molecule has 0 bridgehead atoms. The van der Waals surface area contributed by atoms with Crippen molar-refractivity contribution in [1.29, 1.82) is 0 Å². The summed E-state index contributed by atoms with van der Waals surface area (Å²) in [4.78, 5) is 50.7. The molecular formula is C31H34N2O5S. The Morgan fingerprint density at radius 3 is 1.90 bits per heavy atom. The zero-order chi connectivity index (χ0) is 27.9. The van der Waals surface area contributed by atoms with Crippen molar-refractivity contribution in [3.8, 4) is 0 Å². The molecule has 0 saturated carbocycles. The van der Waals surface area contributed by atoms with Gasteiger partial charge in [-0.25, -0.2) is 4.79 Å². The van der Waals surface area contributed by atoms with Crippen molar-refractivity contribution in [2.75, 3.05) is 5.75 Å². The lowest BCUT2D eigenvalue weighted by molar-refractivity contribution is -0.149. The highest BCUT2D eigenvalue weighted by atomic mass is 32.2. The van der Waals surface area contributed by atoms with Crippen LogP contribution in [0.4, 0.5) is 0 Å². The van der Waals surface area contributed by atoms with Crippen LogP contribution in [0.5, 0.6) is 0 Å². The molecule has 0 radical (unpaired) electrons. The Balaban J connectivity index is 1.68. The minimum absolute atomic E-state index is 0.0650. The molecule has 39 heavy (non-hydrogen) atoms. The number of benzene rings is 3. The summed E-state index contributed by atoms with van der Waals surface area (Å²) in [6.07, 6.45) is 1.24. The van der Waals surface area contributed by atoms with E-state index in [1.54, 1.807) is 0 Å². The number of rotatable bonds is 14.